The van der Waals surface area contributed by atoms with Gasteiger partial charge in [-0.3, -0.25) is 4.57 Å². The Kier molecular flexibility index (Phi) is 5.02. The molecule has 7 nitrogen and oxygen atoms in total. The number of fused-ring (bicyclic) bond motifs is 1. The lowest BCUT2D eigenvalue weighted by atomic mass is 10.2. The number of halogens is 2. The van der Waals surface area contributed by atoms with E-state index in [0.29, 0.717) is 11.2 Å². The number of benzene rings is 2. The van der Waals surface area contributed by atoms with Crippen molar-refractivity contribution < 1.29 is 23.1 Å². The molecule has 0 aliphatic rings. The van der Waals surface area contributed by atoms with Gasteiger partial charge in [0.15, 0.2) is 11.9 Å². The number of nitrogens with two attached hydrogens (primary N) is 1. The highest BCUT2D eigenvalue weighted by Crippen LogP contribution is 2.28. The van der Waals surface area contributed by atoms with Crippen molar-refractivity contribution in [2.24, 2.45) is 5.73 Å². The van der Waals surface area contributed by atoms with Crippen LogP contribution in [0.2, 0.25) is 0 Å². The second-order valence-electron chi connectivity index (χ2n) is 5.72. The molecule has 0 spiro atoms. The van der Waals surface area contributed by atoms with Gasteiger partial charge in [0.25, 0.3) is 0 Å². The average Bonchev–Trinajstić information content (AvgIpc) is 3.01. The molecule has 0 aliphatic carbocycles. The summed E-state index contributed by atoms with van der Waals surface area (Å²) in [5, 5.41) is 2.36. The monoisotopic (exact) mass is 374 g/mol. The minimum absolute atomic E-state index is 0.0495. The van der Waals surface area contributed by atoms with Crippen molar-refractivity contribution in [1.29, 1.82) is 0 Å². The Morgan fingerprint density at radius 2 is 1.81 bits per heavy atom. The Morgan fingerprint density at radius 3 is 2.44 bits per heavy atom. The van der Waals surface area contributed by atoms with Gasteiger partial charge in [0, 0.05) is 5.69 Å². The third kappa shape index (κ3) is 3.86. The molecule has 9 heteroatoms. The SMILES string of the molecule is CC(OC(=O)c1ccc(NC(N)=O)cc1)c1nc2ccccc2n1C(F)F. The van der Waals surface area contributed by atoms with Gasteiger partial charge < -0.3 is 15.8 Å². The van der Waals surface area contributed by atoms with E-state index in [1.807, 2.05) is 0 Å². The lowest BCUT2D eigenvalue weighted by molar-refractivity contribution is 0.0233. The maximum absolute atomic E-state index is 13.5. The Labute approximate surface area is 152 Å². The van der Waals surface area contributed by atoms with Gasteiger partial charge in [0.2, 0.25) is 0 Å². The van der Waals surface area contributed by atoms with Crippen LogP contribution >= 0.6 is 0 Å². The number of anilines is 1. The predicted molar refractivity (Wildman–Crippen MR) is 94.5 cm³/mol. The number of nitrogens with zero attached hydrogens (tertiary/aromatic N) is 2. The van der Waals surface area contributed by atoms with Crippen LogP contribution in [0.5, 0.6) is 0 Å². The number of hydrogen-bond acceptors (Lipinski definition) is 4. The van der Waals surface area contributed by atoms with Gasteiger partial charge in [-0.15, -0.1) is 0 Å². The first kappa shape index (κ1) is 18.3. The number of aromatic nitrogens is 2. The fraction of sp³-hybridized carbons (Fsp3) is 0.167. The lowest BCUT2D eigenvalue weighted by Gasteiger charge is -2.15. The van der Waals surface area contributed by atoms with E-state index < -0.39 is 24.7 Å². The third-order valence-corrected chi connectivity index (χ3v) is 3.85. The predicted octanol–water partition coefficient (Wildman–Crippen LogP) is 3.84. The molecule has 27 heavy (non-hydrogen) atoms. The molecule has 3 rings (SSSR count). The first-order valence-corrected chi connectivity index (χ1v) is 7.99. The number of hydrogen-bond donors (Lipinski definition) is 2. The molecule has 0 radical (unpaired) electrons. The van der Waals surface area contributed by atoms with E-state index in [4.69, 9.17) is 10.5 Å². The zero-order chi connectivity index (χ0) is 19.6. The number of amides is 2. The number of ether oxygens (including phenoxy) is 1. The van der Waals surface area contributed by atoms with Crippen LogP contribution in [0.25, 0.3) is 11.0 Å². The fourth-order valence-corrected chi connectivity index (χ4v) is 2.67. The highest BCUT2D eigenvalue weighted by Gasteiger charge is 2.24. The van der Waals surface area contributed by atoms with Crippen LogP contribution in [-0.2, 0) is 4.74 Å². The van der Waals surface area contributed by atoms with E-state index in [1.54, 1.807) is 18.2 Å². The summed E-state index contributed by atoms with van der Waals surface area (Å²) >= 11 is 0. The van der Waals surface area contributed by atoms with Crippen LogP contribution in [0.4, 0.5) is 19.3 Å². The zero-order valence-electron chi connectivity index (χ0n) is 14.2. The molecule has 1 aromatic heterocycles. The normalized spacial score (nSPS) is 12.1. The Balaban J connectivity index is 1.81. The molecule has 0 aliphatic heterocycles. The summed E-state index contributed by atoms with van der Waals surface area (Å²) in [7, 11) is 0. The minimum atomic E-state index is -2.83. The minimum Gasteiger partial charge on any atom is -0.451 e. The number of alkyl halides is 2. The standard InChI is InChI=1S/C18H16F2N4O3/c1-10(15-23-13-4-2-3-5-14(13)24(15)17(19)20)27-16(25)11-6-8-12(9-7-11)22-18(21)26/h2-10,17H,1H3,(H3,21,22,26). The first-order valence-electron chi connectivity index (χ1n) is 7.99. The number of urea groups is 1. The van der Waals surface area contributed by atoms with Gasteiger partial charge in [-0.25, -0.2) is 14.6 Å². The second-order valence-corrected chi connectivity index (χ2v) is 5.72. The van der Waals surface area contributed by atoms with E-state index >= 15 is 0 Å². The van der Waals surface area contributed by atoms with Gasteiger partial charge in [0.1, 0.15) is 0 Å². The summed E-state index contributed by atoms with van der Waals surface area (Å²) in [6.45, 7) is -1.35. The molecule has 140 valence electrons. The van der Waals surface area contributed by atoms with Crippen molar-refractivity contribution in [3.8, 4) is 0 Å². The molecule has 2 amide bonds. The summed E-state index contributed by atoms with van der Waals surface area (Å²) in [6.07, 6.45) is -0.998. The van der Waals surface area contributed by atoms with Gasteiger partial charge >= 0.3 is 18.5 Å². The number of esters is 1. The van der Waals surface area contributed by atoms with Crippen molar-refractivity contribution in [1.82, 2.24) is 9.55 Å². The number of carbonyl (C=O) groups is 2. The Bertz CT molecular complexity index is 986. The molecular formula is C18H16F2N4O3. The molecule has 0 saturated heterocycles. The molecule has 1 unspecified atom stereocenters. The van der Waals surface area contributed by atoms with Crippen molar-refractivity contribution in [2.45, 2.75) is 19.6 Å². The summed E-state index contributed by atoms with van der Waals surface area (Å²) in [6, 6.07) is 11.5. The van der Waals surface area contributed by atoms with Crippen LogP contribution in [0, 0.1) is 0 Å². The molecule has 0 bridgehead atoms. The van der Waals surface area contributed by atoms with Crippen molar-refractivity contribution >= 4 is 28.7 Å². The second kappa shape index (κ2) is 7.40. The Hall–Kier alpha value is -3.49. The summed E-state index contributed by atoms with van der Waals surface area (Å²) in [5.74, 6) is -0.757. The van der Waals surface area contributed by atoms with Gasteiger partial charge in [-0.05, 0) is 43.3 Å². The van der Waals surface area contributed by atoms with E-state index in [1.165, 1.54) is 37.3 Å². The summed E-state index contributed by atoms with van der Waals surface area (Å²) in [5.41, 5.74) is 6.25. The highest BCUT2D eigenvalue weighted by atomic mass is 19.3. The topological polar surface area (TPSA) is 99.2 Å². The van der Waals surface area contributed by atoms with Crippen molar-refractivity contribution in [2.75, 3.05) is 5.32 Å². The van der Waals surface area contributed by atoms with Gasteiger partial charge in [-0.1, -0.05) is 12.1 Å². The first-order chi connectivity index (χ1) is 12.9. The van der Waals surface area contributed by atoms with Crippen LogP contribution in [0.3, 0.4) is 0 Å². The molecule has 3 N–H and O–H groups in total. The smallest absolute Gasteiger partial charge is 0.338 e. The number of primary amides is 1. The average molecular weight is 374 g/mol. The van der Waals surface area contributed by atoms with Crippen LogP contribution in [-0.4, -0.2) is 21.6 Å². The molecule has 1 atom stereocenters. The number of rotatable bonds is 5. The molecule has 2 aromatic carbocycles. The highest BCUT2D eigenvalue weighted by molar-refractivity contribution is 5.92. The van der Waals surface area contributed by atoms with E-state index in [2.05, 4.69) is 10.3 Å². The Morgan fingerprint density at radius 1 is 1.15 bits per heavy atom. The lowest BCUT2D eigenvalue weighted by Crippen LogP contribution is -2.19. The van der Waals surface area contributed by atoms with Crippen LogP contribution < -0.4 is 11.1 Å². The molecule has 0 saturated carbocycles. The van der Waals surface area contributed by atoms with Gasteiger partial charge in [-0.2, -0.15) is 8.78 Å². The summed E-state index contributed by atoms with van der Waals surface area (Å²) < 4.78 is 33.0. The number of para-hydroxylation sites is 2. The third-order valence-electron chi connectivity index (χ3n) is 3.85. The number of imidazole rings is 1. The number of carbonyl (C=O) groups excluding carboxylic acids is 2. The van der Waals surface area contributed by atoms with Gasteiger partial charge in [0.05, 0.1) is 16.6 Å². The largest absolute Gasteiger partial charge is 0.451 e. The van der Waals surface area contributed by atoms with E-state index in [-0.39, 0.29) is 16.9 Å². The van der Waals surface area contributed by atoms with Crippen LogP contribution in [0.1, 0.15) is 35.8 Å². The maximum atomic E-state index is 13.5. The summed E-state index contributed by atoms with van der Waals surface area (Å²) in [4.78, 5) is 27.3. The van der Waals surface area contributed by atoms with E-state index in [0.717, 1.165) is 4.57 Å². The molecular weight excluding hydrogens is 358 g/mol. The molecule has 3 aromatic rings. The quantitative estimate of drug-likeness (QED) is 0.663. The molecule has 1 heterocycles. The number of nitrogens with one attached hydrogen (secondary N) is 1. The maximum Gasteiger partial charge on any atom is 0.338 e. The van der Waals surface area contributed by atoms with Crippen LogP contribution in [0.15, 0.2) is 48.5 Å². The van der Waals surface area contributed by atoms with E-state index in [9.17, 15) is 18.4 Å². The fourth-order valence-electron chi connectivity index (χ4n) is 2.67. The van der Waals surface area contributed by atoms with Crippen molar-refractivity contribution in [3.05, 3.63) is 59.9 Å². The zero-order valence-corrected chi connectivity index (χ0v) is 14.2. The van der Waals surface area contributed by atoms with Crippen molar-refractivity contribution in [3.63, 3.8) is 0 Å². The molecule has 0 fully saturated rings.